The Morgan fingerprint density at radius 3 is 2.40 bits per heavy atom. The zero-order valence-corrected chi connectivity index (χ0v) is 13.8. The van der Waals surface area contributed by atoms with Crippen molar-refractivity contribution < 1.29 is 19.0 Å². The minimum Gasteiger partial charge on any atom is -0.365 e. The molecule has 2 aromatic carbocycles. The molecule has 0 aromatic heterocycles. The predicted molar refractivity (Wildman–Crippen MR) is 93.2 cm³/mol. The summed E-state index contributed by atoms with van der Waals surface area (Å²) in [4.78, 5) is 12.3. The van der Waals surface area contributed by atoms with Crippen molar-refractivity contribution in [1.82, 2.24) is 0 Å². The number of ether oxygens (including phenoxy) is 3. The minimum absolute atomic E-state index is 0.0773. The van der Waals surface area contributed by atoms with E-state index >= 15 is 0 Å². The summed E-state index contributed by atoms with van der Waals surface area (Å²) in [5, 5.41) is 0. The van der Waals surface area contributed by atoms with Crippen molar-refractivity contribution in [3.63, 3.8) is 0 Å². The predicted octanol–water partition coefficient (Wildman–Crippen LogP) is 3.70. The minimum atomic E-state index is -0.377. The maximum absolute atomic E-state index is 12.3. The van der Waals surface area contributed by atoms with E-state index in [1.165, 1.54) is 0 Å². The van der Waals surface area contributed by atoms with Gasteiger partial charge in [-0.15, -0.1) is 0 Å². The van der Waals surface area contributed by atoms with E-state index in [1.54, 1.807) is 0 Å². The van der Waals surface area contributed by atoms with Gasteiger partial charge in [-0.05, 0) is 0 Å². The van der Waals surface area contributed by atoms with Crippen LogP contribution < -0.4 is 0 Å². The van der Waals surface area contributed by atoms with Crippen LogP contribution >= 0.6 is 0 Å². The summed E-state index contributed by atoms with van der Waals surface area (Å²) in [5.74, 6) is 0.0773. The number of carbonyl (C=O) groups excluding carboxylic acids is 1. The van der Waals surface area contributed by atoms with Crippen LogP contribution in [0.1, 0.15) is 28.6 Å². The van der Waals surface area contributed by atoms with Crippen LogP contribution in [0.3, 0.4) is 0 Å². The molecule has 2 heterocycles. The molecule has 0 unspecified atom stereocenters. The summed E-state index contributed by atoms with van der Waals surface area (Å²) in [6.45, 7) is 0.449. The number of Topliss-reactive ketones (excluding diaryl/α,β-unsaturated/α-hetero) is 1. The number of carbonyl (C=O) groups is 1. The van der Waals surface area contributed by atoms with Crippen molar-refractivity contribution in [2.24, 2.45) is 0 Å². The summed E-state index contributed by atoms with van der Waals surface area (Å²) in [6.07, 6.45) is 3.30. The number of ketones is 1. The Hall–Kier alpha value is -2.27. The zero-order chi connectivity index (χ0) is 17.1. The molecule has 0 spiro atoms. The van der Waals surface area contributed by atoms with Gasteiger partial charge in [0.15, 0.2) is 12.1 Å². The van der Waals surface area contributed by atoms with Gasteiger partial charge in [0.25, 0.3) is 0 Å². The second kappa shape index (κ2) is 7.31. The average Bonchev–Trinajstić information content (AvgIpc) is 2.69. The molecule has 0 bridgehead atoms. The summed E-state index contributed by atoms with van der Waals surface area (Å²) < 4.78 is 17.8. The third kappa shape index (κ3) is 3.71. The van der Waals surface area contributed by atoms with Crippen LogP contribution in [0, 0.1) is 0 Å². The molecule has 4 rings (SSSR count). The molecule has 25 heavy (non-hydrogen) atoms. The highest BCUT2D eigenvalue weighted by atomic mass is 16.7. The van der Waals surface area contributed by atoms with E-state index < -0.39 is 0 Å². The molecule has 128 valence electrons. The highest BCUT2D eigenvalue weighted by Gasteiger charge is 2.36. The SMILES string of the molecule is O=C(C[C@@H]1C=C[C@@H]2O[C@H](c3ccccc3)OC[C@H]2O1)c1ccccc1. The Balaban J connectivity index is 1.39. The van der Waals surface area contributed by atoms with Crippen LogP contribution in [0.5, 0.6) is 0 Å². The molecule has 0 saturated carbocycles. The van der Waals surface area contributed by atoms with E-state index in [0.717, 1.165) is 5.56 Å². The Labute approximate surface area is 147 Å². The van der Waals surface area contributed by atoms with Gasteiger partial charge in [0.05, 0.1) is 12.7 Å². The molecule has 2 aliphatic heterocycles. The van der Waals surface area contributed by atoms with Crippen LogP contribution in [0.2, 0.25) is 0 Å². The van der Waals surface area contributed by atoms with Gasteiger partial charge < -0.3 is 14.2 Å². The molecule has 2 aliphatic rings. The molecular weight excluding hydrogens is 316 g/mol. The van der Waals surface area contributed by atoms with Crippen LogP contribution in [0.25, 0.3) is 0 Å². The first-order valence-corrected chi connectivity index (χ1v) is 8.53. The Morgan fingerprint density at radius 2 is 1.64 bits per heavy atom. The normalized spacial score (nSPS) is 28.3. The summed E-state index contributed by atoms with van der Waals surface area (Å²) in [5.41, 5.74) is 1.71. The monoisotopic (exact) mass is 336 g/mol. The van der Waals surface area contributed by atoms with Crippen molar-refractivity contribution in [3.8, 4) is 0 Å². The van der Waals surface area contributed by atoms with Gasteiger partial charge in [-0.3, -0.25) is 4.79 Å². The number of hydrogen-bond acceptors (Lipinski definition) is 4. The highest BCUT2D eigenvalue weighted by molar-refractivity contribution is 5.96. The molecule has 0 radical (unpaired) electrons. The van der Waals surface area contributed by atoms with E-state index in [-0.39, 0.29) is 30.4 Å². The first-order chi connectivity index (χ1) is 12.3. The largest absolute Gasteiger partial charge is 0.365 e. The molecule has 2 aromatic rings. The zero-order valence-electron chi connectivity index (χ0n) is 13.8. The molecule has 0 N–H and O–H groups in total. The average molecular weight is 336 g/mol. The van der Waals surface area contributed by atoms with Gasteiger partial charge in [-0.1, -0.05) is 72.8 Å². The van der Waals surface area contributed by atoms with E-state index in [9.17, 15) is 4.79 Å². The fraction of sp³-hybridized carbons (Fsp3) is 0.286. The maximum atomic E-state index is 12.3. The highest BCUT2D eigenvalue weighted by Crippen LogP contribution is 2.31. The first kappa shape index (κ1) is 16.2. The van der Waals surface area contributed by atoms with Gasteiger partial charge >= 0.3 is 0 Å². The smallest absolute Gasteiger partial charge is 0.184 e. The fourth-order valence-electron chi connectivity index (χ4n) is 3.16. The molecule has 1 fully saturated rings. The van der Waals surface area contributed by atoms with Gasteiger partial charge in [0, 0.05) is 17.5 Å². The summed E-state index contributed by atoms with van der Waals surface area (Å²) in [6, 6.07) is 19.2. The van der Waals surface area contributed by atoms with Crippen LogP contribution in [0.4, 0.5) is 0 Å². The Bertz CT molecular complexity index is 741. The summed E-state index contributed by atoms with van der Waals surface area (Å²) >= 11 is 0. The Morgan fingerprint density at radius 1 is 0.920 bits per heavy atom. The lowest BCUT2D eigenvalue weighted by Gasteiger charge is -2.39. The number of fused-ring (bicyclic) bond motifs is 1. The second-order valence-corrected chi connectivity index (χ2v) is 6.27. The van der Waals surface area contributed by atoms with Crippen molar-refractivity contribution >= 4 is 5.78 Å². The maximum Gasteiger partial charge on any atom is 0.184 e. The van der Waals surface area contributed by atoms with E-state index in [1.807, 2.05) is 72.8 Å². The van der Waals surface area contributed by atoms with Gasteiger partial charge in [0.2, 0.25) is 0 Å². The standard InChI is InChI=1S/C21H20O4/c22-18(15-7-3-1-4-8-15)13-17-11-12-19-20(24-17)14-23-21(25-19)16-9-5-2-6-10-16/h1-12,17,19-21H,13-14H2/t17-,19-,20+,21+/m0/s1. The van der Waals surface area contributed by atoms with Crippen molar-refractivity contribution in [2.45, 2.75) is 31.0 Å². The van der Waals surface area contributed by atoms with E-state index in [4.69, 9.17) is 14.2 Å². The number of benzene rings is 2. The topological polar surface area (TPSA) is 44.8 Å². The molecule has 4 nitrogen and oxygen atoms in total. The molecule has 0 aliphatic carbocycles. The van der Waals surface area contributed by atoms with E-state index in [2.05, 4.69) is 0 Å². The quantitative estimate of drug-likeness (QED) is 0.631. The molecule has 0 amide bonds. The number of hydrogen-bond donors (Lipinski definition) is 0. The lowest BCUT2D eigenvalue weighted by Crippen LogP contribution is -2.45. The van der Waals surface area contributed by atoms with E-state index in [0.29, 0.717) is 18.6 Å². The van der Waals surface area contributed by atoms with Gasteiger partial charge in [-0.25, -0.2) is 0 Å². The van der Waals surface area contributed by atoms with Crippen molar-refractivity contribution in [1.29, 1.82) is 0 Å². The van der Waals surface area contributed by atoms with Crippen LogP contribution in [-0.4, -0.2) is 30.7 Å². The van der Waals surface area contributed by atoms with Crippen LogP contribution in [0.15, 0.2) is 72.8 Å². The van der Waals surface area contributed by atoms with Crippen LogP contribution in [-0.2, 0) is 14.2 Å². The second-order valence-electron chi connectivity index (χ2n) is 6.27. The lowest BCUT2D eigenvalue weighted by atomic mass is 10.0. The Kier molecular flexibility index (Phi) is 4.74. The molecule has 1 saturated heterocycles. The summed E-state index contributed by atoms with van der Waals surface area (Å²) in [7, 11) is 0. The van der Waals surface area contributed by atoms with Crippen molar-refractivity contribution in [3.05, 3.63) is 83.9 Å². The van der Waals surface area contributed by atoms with Gasteiger partial charge in [-0.2, -0.15) is 0 Å². The van der Waals surface area contributed by atoms with Gasteiger partial charge in [0.1, 0.15) is 12.2 Å². The number of rotatable bonds is 4. The lowest BCUT2D eigenvalue weighted by molar-refractivity contribution is -0.261. The fourth-order valence-corrected chi connectivity index (χ4v) is 3.16. The third-order valence-corrected chi connectivity index (χ3v) is 4.48. The molecular formula is C21H20O4. The first-order valence-electron chi connectivity index (χ1n) is 8.53. The van der Waals surface area contributed by atoms with Crippen molar-refractivity contribution in [2.75, 3.05) is 6.61 Å². The molecule has 4 atom stereocenters. The third-order valence-electron chi connectivity index (χ3n) is 4.48. The molecule has 4 heteroatoms.